The molecule has 0 saturated carbocycles. The number of nitrogens with zero attached hydrogens (tertiary/aromatic N) is 8. The second-order valence-corrected chi connectivity index (χ2v) is 41.5. The molecule has 0 bridgehead atoms. The summed E-state index contributed by atoms with van der Waals surface area (Å²) in [5.74, 6) is 6.39. The third kappa shape index (κ3) is 24.7. The Bertz CT molecular complexity index is 5880. The molecule has 16 rings (SSSR count). The molecule has 8 heterocycles. The highest BCUT2D eigenvalue weighted by Gasteiger charge is 2.35. The summed E-state index contributed by atoms with van der Waals surface area (Å²) in [6, 6.07) is 32.4. The van der Waals surface area contributed by atoms with Gasteiger partial charge in [0.1, 0.15) is 74.8 Å². The molecule has 0 atom stereocenters. The van der Waals surface area contributed by atoms with Crippen LogP contribution in [0.15, 0.2) is 109 Å². The predicted molar refractivity (Wildman–Crippen MR) is 497 cm³/mol. The van der Waals surface area contributed by atoms with Crippen LogP contribution in [0.2, 0.25) is 30.1 Å². The van der Waals surface area contributed by atoms with Crippen LogP contribution in [0.1, 0.15) is 246 Å². The number of benzene rings is 8. The number of hydrogen-bond acceptors (Lipinski definition) is 8. The van der Waals surface area contributed by atoms with E-state index in [9.17, 15) is 22.0 Å². The molecule has 8 aromatic heterocycles. The van der Waals surface area contributed by atoms with Crippen LogP contribution < -0.4 is 0 Å². The average Bonchev–Trinajstić information content (AvgIpc) is 1.67. The van der Waals surface area contributed by atoms with E-state index in [0.717, 1.165) is 133 Å². The minimum Gasteiger partial charge on any atom is -0.342 e. The van der Waals surface area contributed by atoms with E-state index in [1.54, 1.807) is 13.0 Å². The van der Waals surface area contributed by atoms with Crippen molar-refractivity contribution in [1.29, 1.82) is 0 Å². The predicted octanol–water partition coefficient (Wildman–Crippen LogP) is 29.6. The first-order valence-electron chi connectivity index (χ1n) is 39.8. The van der Waals surface area contributed by atoms with E-state index in [4.69, 9.17) is 69.6 Å². The van der Waals surface area contributed by atoms with Crippen molar-refractivity contribution in [3.8, 4) is 0 Å². The summed E-state index contributed by atoms with van der Waals surface area (Å²) in [4.78, 5) is 61.4. The van der Waals surface area contributed by atoms with E-state index in [1.165, 1.54) is 35.4 Å². The van der Waals surface area contributed by atoms with Crippen molar-refractivity contribution in [1.82, 2.24) is 79.7 Å². The minimum atomic E-state index is -4.38. The number of rotatable bonds is 0. The lowest BCUT2D eigenvalue weighted by atomic mass is 9.96. The smallest absolute Gasteiger partial charge is 0.342 e. The first-order valence-corrected chi connectivity index (χ1v) is 42.1. The fraction of sp³-hybridized carbons (Fsp3) is 0.404. The third-order valence-corrected chi connectivity index (χ3v) is 20.6. The number of aryl methyl sites for hydroxylation is 5. The summed E-state index contributed by atoms with van der Waals surface area (Å²) in [6.45, 7) is 60.0. The third-order valence-electron chi connectivity index (χ3n) is 18.9. The monoisotopic (exact) mass is 1770 g/mol. The summed E-state index contributed by atoms with van der Waals surface area (Å²) in [6.07, 6.45) is -4.38. The molecule has 8 aromatic carbocycles. The Hall–Kier alpha value is -9.09. The van der Waals surface area contributed by atoms with Crippen molar-refractivity contribution in [2.75, 3.05) is 0 Å². The number of halogens is 11. The van der Waals surface area contributed by atoms with Crippen LogP contribution in [-0.4, -0.2) is 79.7 Å². The largest absolute Gasteiger partial charge is 0.418 e. The van der Waals surface area contributed by atoms with E-state index in [0.29, 0.717) is 39.0 Å². The maximum Gasteiger partial charge on any atom is 0.418 e. The molecule has 121 heavy (non-hydrogen) atoms. The van der Waals surface area contributed by atoms with Gasteiger partial charge in [-0.25, -0.2) is 48.7 Å². The molecule has 0 unspecified atom stereocenters. The van der Waals surface area contributed by atoms with Crippen molar-refractivity contribution in [3.05, 3.63) is 231 Å². The second kappa shape index (κ2) is 36.0. The first kappa shape index (κ1) is 95.7. The van der Waals surface area contributed by atoms with E-state index in [-0.39, 0.29) is 58.9 Å². The summed E-state index contributed by atoms with van der Waals surface area (Å²) < 4.78 is 65.2. The summed E-state index contributed by atoms with van der Waals surface area (Å²) >= 11 is 35.4. The number of aromatic amines is 8. The number of fused-ring (bicyclic) bond motifs is 8. The van der Waals surface area contributed by atoms with Crippen LogP contribution in [0.4, 0.5) is 22.0 Å². The van der Waals surface area contributed by atoms with Crippen LogP contribution in [0.5, 0.6) is 0 Å². The van der Waals surface area contributed by atoms with Gasteiger partial charge in [-0.1, -0.05) is 242 Å². The van der Waals surface area contributed by atoms with Crippen molar-refractivity contribution in [2.24, 2.45) is 0 Å². The summed E-state index contributed by atoms with van der Waals surface area (Å²) in [5, 5.41) is 3.13. The Morgan fingerprint density at radius 3 is 0.785 bits per heavy atom. The Kier molecular flexibility index (Phi) is 28.5. The number of alkyl halides is 3. The second-order valence-electron chi connectivity index (χ2n) is 39.0. The van der Waals surface area contributed by atoms with Gasteiger partial charge in [0.2, 0.25) is 0 Å². The Balaban J connectivity index is 0.000000157. The van der Waals surface area contributed by atoms with Gasteiger partial charge >= 0.3 is 6.18 Å². The zero-order valence-electron chi connectivity index (χ0n) is 74.6. The lowest BCUT2D eigenvalue weighted by molar-refractivity contribution is -0.136. The number of nitrogens with one attached hydrogen (secondary N) is 8. The number of aromatic nitrogens is 16. The zero-order chi connectivity index (χ0) is 90.5. The first-order chi connectivity index (χ1) is 55.4. The number of H-pyrrole nitrogens is 8. The van der Waals surface area contributed by atoms with Gasteiger partial charge in [-0.15, -0.1) is 0 Å². The fourth-order valence-corrected chi connectivity index (χ4v) is 13.5. The van der Waals surface area contributed by atoms with Crippen molar-refractivity contribution in [2.45, 2.75) is 250 Å². The molecule has 0 aliphatic carbocycles. The molecule has 16 aromatic rings. The normalized spacial score (nSPS) is 12.5. The van der Waals surface area contributed by atoms with E-state index < -0.39 is 23.4 Å². The molecule has 0 fully saturated rings. The highest BCUT2D eigenvalue weighted by atomic mass is 35.5. The summed E-state index contributed by atoms with van der Waals surface area (Å²) in [7, 11) is 0. The minimum absolute atomic E-state index is 0.00183. The highest BCUT2D eigenvalue weighted by molar-refractivity contribution is 6.35. The molecule has 646 valence electrons. The van der Waals surface area contributed by atoms with Crippen molar-refractivity contribution >= 4 is 158 Å². The van der Waals surface area contributed by atoms with Crippen LogP contribution in [0, 0.1) is 46.3 Å². The lowest BCUT2D eigenvalue weighted by Crippen LogP contribution is -2.13. The molecule has 16 nitrogen and oxygen atoms in total. The zero-order valence-corrected chi connectivity index (χ0v) is 79.2. The van der Waals surface area contributed by atoms with Gasteiger partial charge in [0.05, 0.1) is 97.4 Å². The quantitative estimate of drug-likeness (QED) is 0.0679. The molecule has 0 saturated heterocycles. The molecular weight excluding hydrogens is 1660 g/mol. The van der Waals surface area contributed by atoms with Gasteiger partial charge in [-0.2, -0.15) is 13.2 Å². The standard InChI is InChI=1S/C13H15F3N2.C13H18N2.2C12H15ClN2.2C11H12ClFN2.2C11H13ClN2/c1-7-5-8(13(14,15)16)10-9(6-7)17-11(18-10)12(2,3)4;1-8-6-9(2)11-10(7-8)14-12(15-11)13(3,4)5;2*1-7-5-8(13)10-9(6-7)14-11(15-10)12(2,3)4;2*1-11(2,3)10-14-8-4-6(12)7(13)5-9(8)15-10;2*1-11(2,3)10-13-8-5-4-7(12)6-9(8)14-10/h5-6H,1-4H3,(H,17,18);6-7H,1-5H3,(H,14,15);2*5-6H,1-4H3,(H,14,15);2*4-5H,1-3H3,(H,14,15);2*4-6H,1-3H3,(H,13,14). The van der Waals surface area contributed by atoms with Gasteiger partial charge in [-0.05, 0) is 153 Å². The lowest BCUT2D eigenvalue weighted by Gasteiger charge is -2.13. The Morgan fingerprint density at radius 2 is 0.479 bits per heavy atom. The van der Waals surface area contributed by atoms with Gasteiger partial charge in [0.25, 0.3) is 0 Å². The molecule has 0 radical (unpaired) electrons. The number of hydrogen-bond donors (Lipinski definition) is 8. The molecule has 27 heteroatoms. The topological polar surface area (TPSA) is 229 Å². The summed E-state index contributed by atoms with van der Waals surface area (Å²) in [5.41, 5.74) is 17.6. The highest BCUT2D eigenvalue weighted by Crippen LogP contribution is 2.38. The van der Waals surface area contributed by atoms with Crippen LogP contribution in [-0.2, 0) is 49.5 Å². The van der Waals surface area contributed by atoms with E-state index in [1.807, 2.05) is 125 Å². The van der Waals surface area contributed by atoms with Gasteiger partial charge in [0, 0.05) is 65.5 Å². The van der Waals surface area contributed by atoms with Gasteiger partial charge in [-0.3, -0.25) is 0 Å². The maximum absolute atomic E-state index is 13.2. The van der Waals surface area contributed by atoms with Crippen LogP contribution in [0.3, 0.4) is 0 Å². The van der Waals surface area contributed by atoms with Crippen LogP contribution >= 0.6 is 69.6 Å². The molecule has 0 aliphatic rings. The molecule has 0 aliphatic heterocycles. The molecule has 0 spiro atoms. The number of imidazole rings is 8. The molecule has 0 amide bonds. The van der Waals surface area contributed by atoms with Gasteiger partial charge < -0.3 is 39.9 Å². The average molecular weight is 1770 g/mol. The van der Waals surface area contributed by atoms with Gasteiger partial charge in [0.15, 0.2) is 0 Å². The van der Waals surface area contributed by atoms with Crippen molar-refractivity contribution in [3.63, 3.8) is 0 Å². The van der Waals surface area contributed by atoms with Crippen LogP contribution in [0.25, 0.3) is 88.3 Å². The fourth-order valence-electron chi connectivity index (χ4n) is 12.2. The Morgan fingerprint density at radius 1 is 0.240 bits per heavy atom. The van der Waals surface area contributed by atoms with Crippen molar-refractivity contribution < 1.29 is 22.0 Å². The van der Waals surface area contributed by atoms with E-state index >= 15 is 0 Å². The SMILES string of the molecule is CC(C)(C)c1nc2cc(Cl)c(F)cc2[nH]1.CC(C)(C)c1nc2cc(Cl)c(F)cc2[nH]1.CC(C)(C)c1nc2ccc(Cl)cc2[nH]1.CC(C)(C)c1nc2ccc(Cl)cc2[nH]1.Cc1cc(C(F)(F)F)c2nc(C(C)(C)C)[nH]c2c1.Cc1cc(C)c2nc(C(C)(C)C)[nH]c2c1.Cc1cc(Cl)c2nc(C(C)(C)C)[nH]c2c1.Cc1cc(Cl)c2nc(C(C)(C)C)[nH]c2c1. The molecular formula is C94H113Cl6F5N16. The Labute approximate surface area is 735 Å². The maximum atomic E-state index is 13.2. The molecule has 8 N–H and O–H groups in total. The van der Waals surface area contributed by atoms with E-state index in [2.05, 4.69) is 222 Å².